The van der Waals surface area contributed by atoms with Gasteiger partial charge in [-0.05, 0) is 38.1 Å². The van der Waals surface area contributed by atoms with Crippen molar-refractivity contribution in [2.24, 2.45) is 0 Å². The van der Waals surface area contributed by atoms with Crippen LogP contribution in [0.2, 0.25) is 5.02 Å². The number of ether oxygens (including phenoxy) is 2. The molecule has 0 unspecified atom stereocenters. The smallest absolute Gasteiger partial charge is 0.257 e. The van der Waals surface area contributed by atoms with Gasteiger partial charge in [-0.25, -0.2) is 0 Å². The summed E-state index contributed by atoms with van der Waals surface area (Å²) in [5.41, 5.74) is 2.15. The largest absolute Gasteiger partial charge is 0.490 e. The van der Waals surface area contributed by atoms with Crippen LogP contribution in [0.1, 0.15) is 27.4 Å². The molecule has 0 radical (unpaired) electrons. The molecule has 0 saturated heterocycles. The molecule has 0 aliphatic rings. The molecule has 1 aromatic heterocycles. The van der Waals surface area contributed by atoms with Gasteiger partial charge in [-0.15, -0.1) is 0 Å². The SMILES string of the molecule is Cc1noc(C)c1COc1ccccc1C(=O)N(C)CCOc1ccccc1Cl. The number of carbonyl (C=O) groups excluding carboxylic acids is 1. The molecule has 3 rings (SSSR count). The molecule has 0 fully saturated rings. The van der Waals surface area contributed by atoms with E-state index in [0.29, 0.717) is 41.0 Å². The van der Waals surface area contributed by atoms with Crippen molar-refractivity contribution >= 4 is 17.5 Å². The van der Waals surface area contributed by atoms with Gasteiger partial charge >= 0.3 is 0 Å². The fraction of sp³-hybridized carbons (Fsp3) is 0.273. The van der Waals surface area contributed by atoms with Crippen LogP contribution < -0.4 is 9.47 Å². The van der Waals surface area contributed by atoms with Gasteiger partial charge in [-0.1, -0.05) is 41.0 Å². The molecule has 0 bridgehead atoms. The summed E-state index contributed by atoms with van der Waals surface area (Å²) in [5, 5.41) is 4.47. The minimum atomic E-state index is -0.151. The average molecular weight is 415 g/mol. The van der Waals surface area contributed by atoms with Crippen LogP contribution in [0.25, 0.3) is 0 Å². The Labute approximate surface area is 175 Å². The van der Waals surface area contributed by atoms with Gasteiger partial charge in [0.2, 0.25) is 0 Å². The molecule has 152 valence electrons. The Hall–Kier alpha value is -2.99. The molecule has 0 atom stereocenters. The average Bonchev–Trinajstić information content (AvgIpc) is 3.05. The summed E-state index contributed by atoms with van der Waals surface area (Å²) < 4.78 is 16.7. The van der Waals surface area contributed by atoms with E-state index in [9.17, 15) is 4.79 Å². The Morgan fingerprint density at radius 2 is 1.76 bits per heavy atom. The van der Waals surface area contributed by atoms with Crippen molar-refractivity contribution < 1.29 is 18.8 Å². The van der Waals surface area contributed by atoms with Gasteiger partial charge in [-0.2, -0.15) is 0 Å². The van der Waals surface area contributed by atoms with E-state index < -0.39 is 0 Å². The first-order chi connectivity index (χ1) is 14.0. The lowest BCUT2D eigenvalue weighted by atomic mass is 10.1. The van der Waals surface area contributed by atoms with Crippen LogP contribution in [0.4, 0.5) is 0 Å². The molecular formula is C22H23ClN2O4. The molecule has 0 saturated carbocycles. The molecule has 0 N–H and O–H groups in total. The number of carbonyl (C=O) groups is 1. The highest BCUT2D eigenvalue weighted by atomic mass is 35.5. The summed E-state index contributed by atoms with van der Waals surface area (Å²) in [6.45, 7) is 4.71. The zero-order valence-corrected chi connectivity index (χ0v) is 17.4. The number of amides is 1. The second kappa shape index (κ2) is 9.47. The quantitative estimate of drug-likeness (QED) is 0.535. The van der Waals surface area contributed by atoms with Gasteiger partial charge in [0.05, 0.1) is 28.4 Å². The number of benzene rings is 2. The number of aryl methyl sites for hydroxylation is 2. The monoisotopic (exact) mass is 414 g/mol. The number of para-hydroxylation sites is 2. The number of nitrogens with zero attached hydrogens (tertiary/aromatic N) is 2. The Kier molecular flexibility index (Phi) is 6.77. The molecule has 0 aliphatic carbocycles. The van der Waals surface area contributed by atoms with Gasteiger partial charge in [0.25, 0.3) is 5.91 Å². The standard InChI is InChI=1S/C22H23ClN2O4/c1-15-18(16(2)29-24-15)14-28-20-10-6-4-8-17(20)22(26)25(3)12-13-27-21-11-7-5-9-19(21)23/h4-11H,12-14H2,1-3H3. The van der Waals surface area contributed by atoms with Crippen molar-refractivity contribution in [3.8, 4) is 11.5 Å². The minimum absolute atomic E-state index is 0.151. The fourth-order valence-corrected chi connectivity index (χ4v) is 2.98. The van der Waals surface area contributed by atoms with Crippen LogP contribution in [-0.2, 0) is 6.61 Å². The predicted molar refractivity (Wildman–Crippen MR) is 111 cm³/mol. The highest BCUT2D eigenvalue weighted by molar-refractivity contribution is 6.32. The summed E-state index contributed by atoms with van der Waals surface area (Å²) in [4.78, 5) is 14.5. The number of hydrogen-bond acceptors (Lipinski definition) is 5. The van der Waals surface area contributed by atoms with Crippen molar-refractivity contribution in [2.45, 2.75) is 20.5 Å². The van der Waals surface area contributed by atoms with E-state index in [2.05, 4.69) is 5.16 Å². The van der Waals surface area contributed by atoms with Gasteiger partial charge in [-0.3, -0.25) is 4.79 Å². The zero-order chi connectivity index (χ0) is 20.8. The van der Waals surface area contributed by atoms with Crippen molar-refractivity contribution in [1.29, 1.82) is 0 Å². The predicted octanol–water partition coefficient (Wildman–Crippen LogP) is 4.67. The third kappa shape index (κ3) is 5.09. The van der Waals surface area contributed by atoms with Gasteiger partial charge in [0.15, 0.2) is 0 Å². The number of aromatic nitrogens is 1. The van der Waals surface area contributed by atoms with Crippen molar-refractivity contribution in [1.82, 2.24) is 10.1 Å². The first-order valence-corrected chi connectivity index (χ1v) is 9.61. The molecule has 2 aromatic carbocycles. The van der Waals surface area contributed by atoms with Crippen LogP contribution in [0.15, 0.2) is 53.1 Å². The summed E-state index contributed by atoms with van der Waals surface area (Å²) in [7, 11) is 1.73. The van der Waals surface area contributed by atoms with E-state index in [4.69, 9.17) is 25.6 Å². The second-order valence-corrected chi connectivity index (χ2v) is 7.00. The molecule has 6 nitrogen and oxygen atoms in total. The van der Waals surface area contributed by atoms with E-state index in [0.717, 1.165) is 11.3 Å². The lowest BCUT2D eigenvalue weighted by molar-refractivity contribution is 0.0769. The molecule has 1 heterocycles. The van der Waals surface area contributed by atoms with E-state index in [-0.39, 0.29) is 12.5 Å². The van der Waals surface area contributed by atoms with Crippen LogP contribution >= 0.6 is 11.6 Å². The summed E-state index contributed by atoms with van der Waals surface area (Å²) in [5.74, 6) is 1.66. The van der Waals surface area contributed by atoms with Crippen LogP contribution in [0.5, 0.6) is 11.5 Å². The lowest BCUT2D eigenvalue weighted by Crippen LogP contribution is -2.31. The normalized spacial score (nSPS) is 10.6. The Morgan fingerprint density at radius 1 is 1.07 bits per heavy atom. The molecule has 7 heteroatoms. The second-order valence-electron chi connectivity index (χ2n) is 6.59. The van der Waals surface area contributed by atoms with Crippen LogP contribution in [0.3, 0.4) is 0 Å². The van der Waals surface area contributed by atoms with Gasteiger partial charge in [0, 0.05) is 7.05 Å². The topological polar surface area (TPSA) is 64.8 Å². The Balaban J connectivity index is 1.62. The van der Waals surface area contributed by atoms with Crippen LogP contribution in [-0.4, -0.2) is 36.2 Å². The third-order valence-corrected chi connectivity index (χ3v) is 4.85. The van der Waals surface area contributed by atoms with Crippen LogP contribution in [0, 0.1) is 13.8 Å². The fourth-order valence-electron chi connectivity index (χ4n) is 2.79. The summed E-state index contributed by atoms with van der Waals surface area (Å²) >= 11 is 6.08. The van der Waals surface area contributed by atoms with Crippen molar-refractivity contribution in [3.05, 3.63) is 76.1 Å². The highest BCUT2D eigenvalue weighted by Crippen LogP contribution is 2.24. The third-order valence-electron chi connectivity index (χ3n) is 4.54. The minimum Gasteiger partial charge on any atom is -0.490 e. The maximum atomic E-state index is 12.9. The van der Waals surface area contributed by atoms with Gasteiger partial charge < -0.3 is 18.9 Å². The first kappa shape index (κ1) is 20.7. The number of rotatable bonds is 8. The Morgan fingerprint density at radius 3 is 2.45 bits per heavy atom. The van der Waals surface area contributed by atoms with E-state index in [1.807, 2.05) is 38.1 Å². The summed E-state index contributed by atoms with van der Waals surface area (Å²) in [6.07, 6.45) is 0. The maximum Gasteiger partial charge on any atom is 0.257 e. The Bertz CT molecular complexity index is 967. The number of likely N-dealkylation sites (N-methyl/N-ethyl adjacent to an activating group) is 1. The number of hydrogen-bond donors (Lipinski definition) is 0. The van der Waals surface area contributed by atoms with Gasteiger partial charge in [0.1, 0.15) is 30.5 Å². The molecule has 0 spiro atoms. The molecule has 29 heavy (non-hydrogen) atoms. The van der Waals surface area contributed by atoms with E-state index >= 15 is 0 Å². The van der Waals surface area contributed by atoms with E-state index in [1.165, 1.54) is 0 Å². The maximum absolute atomic E-state index is 12.9. The first-order valence-electron chi connectivity index (χ1n) is 9.23. The van der Waals surface area contributed by atoms with E-state index in [1.54, 1.807) is 36.2 Å². The zero-order valence-electron chi connectivity index (χ0n) is 16.6. The van der Waals surface area contributed by atoms with Crippen molar-refractivity contribution in [2.75, 3.05) is 20.2 Å². The molecule has 3 aromatic rings. The molecule has 0 aliphatic heterocycles. The lowest BCUT2D eigenvalue weighted by Gasteiger charge is -2.19. The summed E-state index contributed by atoms with van der Waals surface area (Å²) in [6, 6.07) is 14.4. The molecular weight excluding hydrogens is 392 g/mol. The highest BCUT2D eigenvalue weighted by Gasteiger charge is 2.18. The number of halogens is 1. The molecule has 1 amide bonds. The van der Waals surface area contributed by atoms with Crippen molar-refractivity contribution in [3.63, 3.8) is 0 Å².